The van der Waals surface area contributed by atoms with Crippen molar-refractivity contribution in [3.05, 3.63) is 84.2 Å². The number of anilines is 2. The molecule has 162 valence electrons. The Labute approximate surface area is 185 Å². The molecule has 0 spiro atoms. The van der Waals surface area contributed by atoms with Gasteiger partial charge in [0.1, 0.15) is 11.4 Å². The van der Waals surface area contributed by atoms with Gasteiger partial charge in [-0.2, -0.15) is 0 Å². The van der Waals surface area contributed by atoms with Crippen molar-refractivity contribution in [2.75, 3.05) is 17.1 Å². The molecule has 1 amide bonds. The van der Waals surface area contributed by atoms with E-state index in [1.54, 1.807) is 55.5 Å². The van der Waals surface area contributed by atoms with Gasteiger partial charge >= 0.3 is 0 Å². The first-order valence-corrected chi connectivity index (χ1v) is 11.2. The lowest BCUT2D eigenvalue weighted by atomic mass is 10.2. The van der Waals surface area contributed by atoms with Gasteiger partial charge in [0.2, 0.25) is 0 Å². The van der Waals surface area contributed by atoms with Gasteiger partial charge in [0.25, 0.3) is 15.9 Å². The van der Waals surface area contributed by atoms with E-state index in [9.17, 15) is 13.2 Å². The van der Waals surface area contributed by atoms with Crippen LogP contribution in [-0.2, 0) is 10.0 Å². The standard InChI is InChI=1S/C23H20N4O4S/c1-15-11-12-16(25-23(28)20-14-24-17-7-3-4-8-18(17)26-20)13-22(15)32(29,30)27-19-9-5-6-10-21(19)31-2/h3-14,27H,1-2H3,(H,25,28). The number of amides is 1. The third kappa shape index (κ3) is 4.37. The third-order valence-electron chi connectivity index (χ3n) is 4.77. The Balaban J connectivity index is 1.61. The molecule has 32 heavy (non-hydrogen) atoms. The number of aryl methyl sites for hydroxylation is 1. The van der Waals surface area contributed by atoms with Crippen molar-refractivity contribution in [2.24, 2.45) is 0 Å². The number of rotatable bonds is 6. The lowest BCUT2D eigenvalue weighted by molar-refractivity contribution is 0.102. The Morgan fingerprint density at radius 3 is 2.47 bits per heavy atom. The van der Waals surface area contributed by atoms with Gasteiger partial charge in [0.15, 0.2) is 0 Å². The van der Waals surface area contributed by atoms with Gasteiger partial charge in [0.05, 0.1) is 34.9 Å². The molecule has 0 saturated heterocycles. The van der Waals surface area contributed by atoms with Crippen LogP contribution < -0.4 is 14.8 Å². The third-order valence-corrected chi connectivity index (χ3v) is 6.28. The second-order valence-electron chi connectivity index (χ2n) is 6.98. The number of sulfonamides is 1. The highest BCUT2D eigenvalue weighted by Gasteiger charge is 2.20. The van der Waals surface area contributed by atoms with Gasteiger partial charge in [-0.1, -0.05) is 30.3 Å². The molecule has 0 bridgehead atoms. The predicted molar refractivity (Wildman–Crippen MR) is 122 cm³/mol. The minimum absolute atomic E-state index is 0.0331. The molecule has 0 saturated carbocycles. The predicted octanol–water partition coefficient (Wildman–Crippen LogP) is 4.00. The fraction of sp³-hybridized carbons (Fsp3) is 0.0870. The maximum absolute atomic E-state index is 13.0. The van der Waals surface area contributed by atoms with Crippen molar-refractivity contribution in [1.82, 2.24) is 9.97 Å². The second-order valence-corrected chi connectivity index (χ2v) is 8.63. The molecule has 0 fully saturated rings. The van der Waals surface area contributed by atoms with Crippen LogP contribution in [0.1, 0.15) is 16.1 Å². The second kappa shape index (κ2) is 8.64. The van der Waals surface area contributed by atoms with E-state index in [1.165, 1.54) is 19.4 Å². The molecule has 3 aromatic carbocycles. The first-order chi connectivity index (χ1) is 15.4. The summed E-state index contributed by atoms with van der Waals surface area (Å²) >= 11 is 0. The van der Waals surface area contributed by atoms with Crippen LogP contribution in [0.4, 0.5) is 11.4 Å². The summed E-state index contributed by atoms with van der Waals surface area (Å²) in [4.78, 5) is 21.3. The lowest BCUT2D eigenvalue weighted by Crippen LogP contribution is -2.17. The van der Waals surface area contributed by atoms with Crippen molar-refractivity contribution < 1.29 is 17.9 Å². The first kappa shape index (κ1) is 21.3. The average Bonchev–Trinajstić information content (AvgIpc) is 2.80. The van der Waals surface area contributed by atoms with E-state index in [1.807, 2.05) is 12.1 Å². The number of para-hydroxylation sites is 4. The Bertz CT molecular complexity index is 1420. The normalized spacial score (nSPS) is 11.2. The number of hydrogen-bond donors (Lipinski definition) is 2. The lowest BCUT2D eigenvalue weighted by Gasteiger charge is -2.14. The highest BCUT2D eigenvalue weighted by Crippen LogP contribution is 2.28. The number of nitrogens with one attached hydrogen (secondary N) is 2. The number of benzene rings is 3. The zero-order valence-corrected chi connectivity index (χ0v) is 18.2. The summed E-state index contributed by atoms with van der Waals surface area (Å²) in [6, 6.07) is 18.6. The van der Waals surface area contributed by atoms with E-state index in [-0.39, 0.29) is 10.6 Å². The topological polar surface area (TPSA) is 110 Å². The zero-order valence-electron chi connectivity index (χ0n) is 17.4. The highest BCUT2D eigenvalue weighted by atomic mass is 32.2. The number of aromatic nitrogens is 2. The maximum Gasteiger partial charge on any atom is 0.275 e. The molecule has 1 heterocycles. The number of nitrogens with zero attached hydrogens (tertiary/aromatic N) is 2. The van der Waals surface area contributed by atoms with Gasteiger partial charge in [-0.05, 0) is 48.9 Å². The number of hydrogen-bond acceptors (Lipinski definition) is 6. The Morgan fingerprint density at radius 2 is 1.69 bits per heavy atom. The summed E-state index contributed by atoms with van der Waals surface area (Å²) in [6.45, 7) is 1.68. The number of carbonyl (C=O) groups is 1. The molecule has 2 N–H and O–H groups in total. The Morgan fingerprint density at radius 1 is 0.969 bits per heavy atom. The Hall–Kier alpha value is -3.98. The van der Waals surface area contributed by atoms with Crippen molar-refractivity contribution in [1.29, 1.82) is 0 Å². The van der Waals surface area contributed by atoms with Crippen LogP contribution >= 0.6 is 0 Å². The number of carbonyl (C=O) groups excluding carboxylic acids is 1. The van der Waals surface area contributed by atoms with Crippen molar-refractivity contribution in [2.45, 2.75) is 11.8 Å². The van der Waals surface area contributed by atoms with Crippen LogP contribution in [0.25, 0.3) is 11.0 Å². The van der Waals surface area contributed by atoms with Gasteiger partial charge in [-0.3, -0.25) is 14.5 Å². The molecule has 8 nitrogen and oxygen atoms in total. The summed E-state index contributed by atoms with van der Waals surface area (Å²) < 4.78 is 33.8. The fourth-order valence-electron chi connectivity index (χ4n) is 3.16. The van der Waals surface area contributed by atoms with E-state index < -0.39 is 15.9 Å². The molecule has 4 rings (SSSR count). The molecule has 0 unspecified atom stereocenters. The van der Waals surface area contributed by atoms with Crippen LogP contribution in [0.3, 0.4) is 0 Å². The molecule has 1 aromatic heterocycles. The van der Waals surface area contributed by atoms with Gasteiger partial charge < -0.3 is 10.1 Å². The fourth-order valence-corrected chi connectivity index (χ4v) is 4.50. The molecule has 4 aromatic rings. The first-order valence-electron chi connectivity index (χ1n) is 9.67. The van der Waals surface area contributed by atoms with Crippen LogP contribution in [0.2, 0.25) is 0 Å². The van der Waals surface area contributed by atoms with E-state index in [4.69, 9.17) is 4.74 Å². The molecule has 0 radical (unpaired) electrons. The molecule has 0 atom stereocenters. The monoisotopic (exact) mass is 448 g/mol. The molecule has 0 aliphatic heterocycles. The number of ether oxygens (including phenoxy) is 1. The van der Waals surface area contributed by atoms with Gasteiger partial charge in [0, 0.05) is 5.69 Å². The van der Waals surface area contributed by atoms with Crippen molar-refractivity contribution in [3.8, 4) is 5.75 Å². The zero-order chi connectivity index (χ0) is 22.7. The highest BCUT2D eigenvalue weighted by molar-refractivity contribution is 7.92. The molecular weight excluding hydrogens is 428 g/mol. The summed E-state index contributed by atoms with van der Waals surface area (Å²) in [6.07, 6.45) is 1.38. The van der Waals surface area contributed by atoms with E-state index >= 15 is 0 Å². The molecular formula is C23H20N4O4S. The van der Waals surface area contributed by atoms with Crippen molar-refractivity contribution >= 4 is 38.3 Å². The molecule has 0 aliphatic carbocycles. The number of methoxy groups -OCH3 is 1. The largest absolute Gasteiger partial charge is 0.495 e. The van der Waals surface area contributed by atoms with E-state index in [0.717, 1.165) is 0 Å². The van der Waals surface area contributed by atoms with Crippen LogP contribution in [0, 0.1) is 6.92 Å². The maximum atomic E-state index is 13.0. The average molecular weight is 449 g/mol. The van der Waals surface area contributed by atoms with Crippen LogP contribution in [0.5, 0.6) is 5.75 Å². The Kier molecular flexibility index (Phi) is 5.74. The molecule has 0 aliphatic rings. The van der Waals surface area contributed by atoms with Gasteiger partial charge in [-0.15, -0.1) is 0 Å². The summed E-state index contributed by atoms with van der Waals surface area (Å²) in [5.41, 5.74) is 2.55. The number of fused-ring (bicyclic) bond motifs is 1. The van der Waals surface area contributed by atoms with E-state index in [2.05, 4.69) is 20.0 Å². The summed E-state index contributed by atoms with van der Waals surface area (Å²) in [5.74, 6) is -0.0961. The smallest absolute Gasteiger partial charge is 0.275 e. The van der Waals surface area contributed by atoms with Gasteiger partial charge in [-0.25, -0.2) is 13.4 Å². The van der Waals surface area contributed by atoms with Crippen LogP contribution in [0.15, 0.2) is 77.8 Å². The summed E-state index contributed by atoms with van der Waals surface area (Å²) in [7, 11) is -2.48. The van der Waals surface area contributed by atoms with Crippen molar-refractivity contribution in [3.63, 3.8) is 0 Å². The summed E-state index contributed by atoms with van der Waals surface area (Å²) in [5, 5.41) is 2.69. The van der Waals surface area contributed by atoms with E-state index in [0.29, 0.717) is 33.7 Å². The minimum atomic E-state index is -3.94. The molecule has 9 heteroatoms. The minimum Gasteiger partial charge on any atom is -0.495 e. The quantitative estimate of drug-likeness (QED) is 0.461. The SMILES string of the molecule is COc1ccccc1NS(=O)(=O)c1cc(NC(=O)c2cnc3ccccc3n2)ccc1C. The van der Waals surface area contributed by atoms with Crippen LogP contribution in [-0.4, -0.2) is 31.4 Å².